The van der Waals surface area contributed by atoms with Crippen LogP contribution in [-0.4, -0.2) is 25.1 Å². The van der Waals surface area contributed by atoms with E-state index in [4.69, 9.17) is 11.6 Å². The van der Waals surface area contributed by atoms with Crippen LogP contribution in [0.3, 0.4) is 0 Å². The molecule has 2 aromatic rings. The van der Waals surface area contributed by atoms with Gasteiger partial charge in [-0.1, -0.05) is 86.1 Å². The molecule has 0 aliphatic heterocycles. The normalized spacial score (nSPS) is 12.1. The number of nitrogens with zero attached hydrogens (tertiary/aromatic N) is 1. The minimum absolute atomic E-state index is 0.0537. The third-order valence-corrected chi connectivity index (χ3v) is 6.01. The summed E-state index contributed by atoms with van der Waals surface area (Å²) in [7, 11) is -3.52. The number of nitrogens with one attached hydrogen (secondary N) is 1. The van der Waals surface area contributed by atoms with Crippen LogP contribution in [0.2, 0.25) is 5.02 Å². The second kappa shape index (κ2) is 11.1. The Labute approximate surface area is 172 Å². The maximum Gasteiger partial charge on any atom is 0.232 e. The van der Waals surface area contributed by atoms with Crippen molar-refractivity contribution in [3.8, 4) is 0 Å². The van der Waals surface area contributed by atoms with Crippen molar-refractivity contribution >= 4 is 33.0 Å². The summed E-state index contributed by atoms with van der Waals surface area (Å²) in [6.45, 7) is 2.15. The number of unbranched alkanes of at least 4 members (excludes halogenated alkanes) is 5. The van der Waals surface area contributed by atoms with Gasteiger partial charge in [0.15, 0.2) is 0 Å². The highest BCUT2D eigenvalue weighted by atomic mass is 35.5. The van der Waals surface area contributed by atoms with Crippen molar-refractivity contribution in [1.82, 2.24) is 0 Å². The maximum atomic E-state index is 12.5. The number of hydrogen-bond donors (Lipinski definition) is 2. The molecule has 152 valence electrons. The van der Waals surface area contributed by atoms with E-state index in [2.05, 4.69) is 16.8 Å². The van der Waals surface area contributed by atoms with Crippen molar-refractivity contribution in [1.29, 1.82) is 0 Å². The molecular formula is C21H27ClN2O3S. The topological polar surface area (TPSA) is 78.8 Å². The van der Waals surface area contributed by atoms with E-state index in [-0.39, 0.29) is 11.5 Å². The van der Waals surface area contributed by atoms with Crippen LogP contribution in [0.15, 0.2) is 53.7 Å². The molecule has 0 saturated heterocycles. The molecule has 2 N–H and O–H groups in total. The number of hydrogen-bond acceptors (Lipinski definition) is 4. The number of oxime groups is 1. The number of benzene rings is 2. The SMILES string of the molecule is CCCCCCCCS(=O)(=O)Nc1ccc(Cl)cc1/C(=N\O)c1ccccc1. The molecular weight excluding hydrogens is 396 g/mol. The number of halogens is 1. The third-order valence-electron chi connectivity index (χ3n) is 4.42. The van der Waals surface area contributed by atoms with Crippen LogP contribution < -0.4 is 4.72 Å². The summed E-state index contributed by atoms with van der Waals surface area (Å²) >= 11 is 6.11. The molecule has 0 radical (unpaired) electrons. The largest absolute Gasteiger partial charge is 0.410 e. The Morgan fingerprint density at radius 3 is 2.39 bits per heavy atom. The number of anilines is 1. The van der Waals surface area contributed by atoms with E-state index in [9.17, 15) is 13.6 Å². The third kappa shape index (κ3) is 6.84. The van der Waals surface area contributed by atoms with Gasteiger partial charge in [0.25, 0.3) is 0 Å². The molecule has 0 fully saturated rings. The van der Waals surface area contributed by atoms with Crippen molar-refractivity contribution in [3.63, 3.8) is 0 Å². The van der Waals surface area contributed by atoms with E-state index in [1.807, 2.05) is 18.2 Å². The second-order valence-corrected chi connectivity index (χ2v) is 8.97. The molecule has 0 amide bonds. The van der Waals surface area contributed by atoms with Gasteiger partial charge in [0, 0.05) is 16.1 Å². The summed E-state index contributed by atoms with van der Waals surface area (Å²) in [4.78, 5) is 0. The van der Waals surface area contributed by atoms with Gasteiger partial charge < -0.3 is 5.21 Å². The van der Waals surface area contributed by atoms with E-state index in [1.54, 1.807) is 30.3 Å². The molecule has 0 aromatic heterocycles. The highest BCUT2D eigenvalue weighted by Crippen LogP contribution is 2.25. The molecule has 0 bridgehead atoms. The van der Waals surface area contributed by atoms with Crippen LogP contribution in [-0.2, 0) is 10.0 Å². The lowest BCUT2D eigenvalue weighted by molar-refractivity contribution is 0.319. The summed E-state index contributed by atoms with van der Waals surface area (Å²) in [5.74, 6) is 0.0537. The van der Waals surface area contributed by atoms with Crippen LogP contribution in [0.5, 0.6) is 0 Å². The van der Waals surface area contributed by atoms with Gasteiger partial charge in [0.1, 0.15) is 5.71 Å². The first kappa shape index (κ1) is 22.2. The van der Waals surface area contributed by atoms with Crippen LogP contribution in [0.25, 0.3) is 0 Å². The van der Waals surface area contributed by atoms with Gasteiger partial charge in [-0.05, 0) is 24.6 Å². The summed E-state index contributed by atoms with van der Waals surface area (Å²) in [5.41, 5.74) is 1.67. The minimum Gasteiger partial charge on any atom is -0.410 e. The first-order chi connectivity index (χ1) is 13.5. The summed E-state index contributed by atoms with van der Waals surface area (Å²) < 4.78 is 27.7. The average molecular weight is 423 g/mol. The molecule has 0 heterocycles. The Bertz CT molecular complexity index is 884. The number of rotatable bonds is 11. The van der Waals surface area contributed by atoms with Gasteiger partial charge in [-0.15, -0.1) is 0 Å². The minimum atomic E-state index is -3.52. The summed E-state index contributed by atoms with van der Waals surface area (Å²) in [6, 6.07) is 13.8. The predicted octanol–water partition coefficient (Wildman–Crippen LogP) is 5.67. The van der Waals surface area contributed by atoms with Crippen molar-refractivity contribution in [2.75, 3.05) is 10.5 Å². The van der Waals surface area contributed by atoms with E-state index in [1.165, 1.54) is 6.42 Å². The van der Waals surface area contributed by atoms with Gasteiger partial charge in [0.05, 0.1) is 11.4 Å². The lowest BCUT2D eigenvalue weighted by Gasteiger charge is -2.14. The summed E-state index contributed by atoms with van der Waals surface area (Å²) in [6.07, 6.45) is 6.03. The van der Waals surface area contributed by atoms with Gasteiger partial charge in [-0.2, -0.15) is 0 Å². The first-order valence-corrected chi connectivity index (χ1v) is 11.6. The monoisotopic (exact) mass is 422 g/mol. The van der Waals surface area contributed by atoms with Crippen molar-refractivity contribution in [3.05, 3.63) is 64.7 Å². The molecule has 0 unspecified atom stereocenters. The Balaban J connectivity index is 2.15. The smallest absolute Gasteiger partial charge is 0.232 e. The molecule has 7 heteroatoms. The van der Waals surface area contributed by atoms with Crippen molar-refractivity contribution in [2.24, 2.45) is 5.16 Å². The molecule has 28 heavy (non-hydrogen) atoms. The van der Waals surface area contributed by atoms with Crippen LogP contribution in [0.1, 0.15) is 56.6 Å². The second-order valence-electron chi connectivity index (χ2n) is 6.69. The predicted molar refractivity (Wildman–Crippen MR) is 116 cm³/mol. The van der Waals surface area contributed by atoms with Crippen molar-refractivity contribution in [2.45, 2.75) is 45.4 Å². The molecule has 0 aliphatic carbocycles. The Kier molecular flexibility index (Phi) is 8.80. The maximum absolute atomic E-state index is 12.5. The fourth-order valence-corrected chi connectivity index (χ4v) is 4.33. The highest BCUT2D eigenvalue weighted by molar-refractivity contribution is 7.92. The lowest BCUT2D eigenvalue weighted by atomic mass is 10.0. The molecule has 0 saturated carbocycles. The zero-order valence-electron chi connectivity index (χ0n) is 16.1. The van der Waals surface area contributed by atoms with Crippen LogP contribution >= 0.6 is 11.6 Å². The van der Waals surface area contributed by atoms with E-state index in [0.717, 1.165) is 25.7 Å². The van der Waals surface area contributed by atoms with Gasteiger partial charge in [0.2, 0.25) is 10.0 Å². The average Bonchev–Trinajstić information content (AvgIpc) is 2.68. The fraction of sp³-hybridized carbons (Fsp3) is 0.381. The summed E-state index contributed by atoms with van der Waals surface area (Å²) in [5, 5.41) is 13.4. The zero-order valence-corrected chi connectivity index (χ0v) is 17.6. The van der Waals surface area contributed by atoms with Crippen LogP contribution in [0, 0.1) is 0 Å². The highest BCUT2D eigenvalue weighted by Gasteiger charge is 2.18. The molecule has 0 spiro atoms. The van der Waals surface area contributed by atoms with E-state index in [0.29, 0.717) is 28.3 Å². The molecule has 2 aromatic carbocycles. The zero-order chi connectivity index (χ0) is 20.4. The fourth-order valence-electron chi connectivity index (χ4n) is 2.96. The van der Waals surface area contributed by atoms with E-state index < -0.39 is 10.0 Å². The van der Waals surface area contributed by atoms with Crippen LogP contribution in [0.4, 0.5) is 5.69 Å². The quantitative estimate of drug-likeness (QED) is 0.212. The van der Waals surface area contributed by atoms with Gasteiger partial charge >= 0.3 is 0 Å². The lowest BCUT2D eigenvalue weighted by Crippen LogP contribution is -2.19. The van der Waals surface area contributed by atoms with Gasteiger partial charge in [-0.3, -0.25) is 4.72 Å². The molecule has 0 aliphatic rings. The number of sulfonamides is 1. The van der Waals surface area contributed by atoms with Gasteiger partial charge in [-0.25, -0.2) is 8.42 Å². The Morgan fingerprint density at radius 2 is 1.71 bits per heavy atom. The molecule has 5 nitrogen and oxygen atoms in total. The first-order valence-electron chi connectivity index (χ1n) is 9.54. The van der Waals surface area contributed by atoms with E-state index >= 15 is 0 Å². The van der Waals surface area contributed by atoms with Crippen molar-refractivity contribution < 1.29 is 13.6 Å². The molecule has 0 atom stereocenters. The Hall–Kier alpha value is -2.05. The Morgan fingerprint density at radius 1 is 1.04 bits per heavy atom. The standard InChI is InChI=1S/C21H27ClN2O3S/c1-2-3-4-5-6-10-15-28(26,27)24-20-14-13-18(22)16-19(20)21(23-25)17-11-8-7-9-12-17/h7-9,11-14,16,24-25H,2-6,10,15H2,1H3/b23-21-. The molecule has 2 rings (SSSR count).